The van der Waals surface area contributed by atoms with Gasteiger partial charge in [0, 0.05) is 44.1 Å². The minimum Gasteiger partial charge on any atom is -0.341 e. The third kappa shape index (κ3) is 4.79. The normalized spacial score (nSPS) is 16.8. The van der Waals surface area contributed by atoms with Crippen LogP contribution in [0.25, 0.3) is 0 Å². The second kappa shape index (κ2) is 8.86. The number of amides is 1. The number of hydrogen-bond acceptors (Lipinski definition) is 4. The number of nitrogens with zero attached hydrogens (tertiary/aromatic N) is 5. The number of pyridine rings is 1. The first kappa shape index (κ1) is 20.5. The number of carbonyl (C=O) groups is 1. The molecule has 1 unspecified atom stereocenters. The van der Waals surface area contributed by atoms with Crippen LogP contribution in [0.3, 0.4) is 0 Å². The highest BCUT2D eigenvalue weighted by Gasteiger charge is 2.24. The summed E-state index contributed by atoms with van der Waals surface area (Å²) in [6, 6.07) is 6.17. The fourth-order valence-corrected chi connectivity index (χ4v) is 3.88. The van der Waals surface area contributed by atoms with Crippen LogP contribution in [-0.2, 0) is 17.9 Å². The van der Waals surface area contributed by atoms with Gasteiger partial charge in [-0.15, -0.1) is 0 Å². The van der Waals surface area contributed by atoms with Gasteiger partial charge >= 0.3 is 0 Å². The smallest absolute Gasteiger partial charge is 0.227 e. The molecule has 3 rings (SSSR count). The van der Waals surface area contributed by atoms with Crippen LogP contribution in [0.4, 0.5) is 0 Å². The van der Waals surface area contributed by atoms with Gasteiger partial charge in [0.25, 0.3) is 0 Å². The average molecular weight is 384 g/mol. The van der Waals surface area contributed by atoms with Gasteiger partial charge < -0.3 is 4.90 Å². The van der Waals surface area contributed by atoms with Gasteiger partial charge in [0.05, 0.1) is 23.9 Å². The standard InChI is InChI=1S/C22H33N5O/c1-16(14-27-20(5)18(3)19(4)24-27)22(28)26-11-7-10-25(12-13-26)15-21-9-6-8-17(2)23-21/h6,8-9,16H,7,10-15H2,1-5H3. The van der Waals surface area contributed by atoms with E-state index in [0.29, 0.717) is 6.54 Å². The molecule has 0 spiro atoms. The number of aryl methyl sites for hydroxylation is 2. The average Bonchev–Trinajstić information content (AvgIpc) is 2.84. The van der Waals surface area contributed by atoms with E-state index in [2.05, 4.69) is 41.0 Å². The van der Waals surface area contributed by atoms with Crippen LogP contribution in [0.1, 0.15) is 41.7 Å². The van der Waals surface area contributed by atoms with E-state index in [1.54, 1.807) is 0 Å². The molecule has 0 saturated carbocycles. The SMILES string of the molecule is Cc1cccc(CN2CCCN(C(=O)C(C)Cn3nc(C)c(C)c3C)CC2)n1. The monoisotopic (exact) mass is 383 g/mol. The Morgan fingerprint density at radius 3 is 2.57 bits per heavy atom. The highest BCUT2D eigenvalue weighted by molar-refractivity contribution is 5.78. The van der Waals surface area contributed by atoms with Crippen LogP contribution in [0, 0.1) is 33.6 Å². The van der Waals surface area contributed by atoms with E-state index in [-0.39, 0.29) is 11.8 Å². The molecule has 2 aromatic rings. The van der Waals surface area contributed by atoms with Crippen LogP contribution < -0.4 is 0 Å². The van der Waals surface area contributed by atoms with Crippen molar-refractivity contribution in [3.8, 4) is 0 Å². The Morgan fingerprint density at radius 1 is 1.11 bits per heavy atom. The molecule has 3 heterocycles. The molecule has 0 aliphatic carbocycles. The van der Waals surface area contributed by atoms with E-state index in [9.17, 15) is 4.79 Å². The molecule has 1 fully saturated rings. The predicted molar refractivity (Wildman–Crippen MR) is 111 cm³/mol. The maximum absolute atomic E-state index is 13.0. The summed E-state index contributed by atoms with van der Waals surface area (Å²) in [5.41, 5.74) is 5.58. The topological polar surface area (TPSA) is 54.3 Å². The van der Waals surface area contributed by atoms with Crippen molar-refractivity contribution in [1.29, 1.82) is 0 Å². The molecule has 6 heteroatoms. The van der Waals surface area contributed by atoms with Crippen molar-refractivity contribution in [3.63, 3.8) is 0 Å². The molecule has 0 bridgehead atoms. The Labute approximate surface area is 168 Å². The lowest BCUT2D eigenvalue weighted by Crippen LogP contribution is -2.39. The zero-order valence-corrected chi connectivity index (χ0v) is 17.9. The minimum absolute atomic E-state index is 0.0672. The Balaban J connectivity index is 1.56. The Bertz CT molecular complexity index is 828. The van der Waals surface area contributed by atoms with E-state index < -0.39 is 0 Å². The number of hydrogen-bond donors (Lipinski definition) is 0. The highest BCUT2D eigenvalue weighted by atomic mass is 16.2. The first-order valence-corrected chi connectivity index (χ1v) is 10.3. The Morgan fingerprint density at radius 2 is 1.89 bits per heavy atom. The maximum Gasteiger partial charge on any atom is 0.227 e. The van der Waals surface area contributed by atoms with Crippen molar-refractivity contribution in [1.82, 2.24) is 24.6 Å². The lowest BCUT2D eigenvalue weighted by atomic mass is 10.1. The lowest BCUT2D eigenvalue weighted by molar-refractivity contribution is -0.135. The van der Waals surface area contributed by atoms with Gasteiger partial charge in [0.15, 0.2) is 0 Å². The second-order valence-corrected chi connectivity index (χ2v) is 8.10. The summed E-state index contributed by atoms with van der Waals surface area (Å²) in [5, 5.41) is 4.59. The molecule has 1 aliphatic rings. The van der Waals surface area contributed by atoms with Crippen molar-refractivity contribution in [2.24, 2.45) is 5.92 Å². The second-order valence-electron chi connectivity index (χ2n) is 8.10. The van der Waals surface area contributed by atoms with Crippen molar-refractivity contribution in [2.75, 3.05) is 26.2 Å². The van der Waals surface area contributed by atoms with Crippen LogP contribution in [0.15, 0.2) is 18.2 Å². The summed E-state index contributed by atoms with van der Waals surface area (Å²) < 4.78 is 1.99. The molecular weight excluding hydrogens is 350 g/mol. The van der Waals surface area contributed by atoms with E-state index in [4.69, 9.17) is 0 Å². The van der Waals surface area contributed by atoms with Gasteiger partial charge in [0.2, 0.25) is 5.91 Å². The van der Waals surface area contributed by atoms with Gasteiger partial charge in [-0.1, -0.05) is 13.0 Å². The van der Waals surface area contributed by atoms with Gasteiger partial charge in [-0.05, 0) is 51.8 Å². The summed E-state index contributed by atoms with van der Waals surface area (Å²) in [5.74, 6) is 0.170. The summed E-state index contributed by atoms with van der Waals surface area (Å²) in [6.07, 6.45) is 1.00. The molecule has 6 nitrogen and oxygen atoms in total. The minimum atomic E-state index is -0.0672. The maximum atomic E-state index is 13.0. The summed E-state index contributed by atoms with van der Waals surface area (Å²) in [7, 11) is 0. The molecule has 1 aliphatic heterocycles. The van der Waals surface area contributed by atoms with E-state index in [0.717, 1.165) is 61.9 Å². The number of rotatable bonds is 5. The van der Waals surface area contributed by atoms with Crippen molar-refractivity contribution < 1.29 is 4.79 Å². The zero-order valence-electron chi connectivity index (χ0n) is 17.9. The molecule has 1 amide bonds. The molecule has 152 valence electrons. The summed E-state index contributed by atoms with van der Waals surface area (Å²) >= 11 is 0. The van der Waals surface area contributed by atoms with Crippen molar-refractivity contribution in [3.05, 3.63) is 46.5 Å². The van der Waals surface area contributed by atoms with E-state index in [1.165, 1.54) is 5.56 Å². The van der Waals surface area contributed by atoms with Crippen LogP contribution >= 0.6 is 0 Å². The molecule has 1 atom stereocenters. The fraction of sp³-hybridized carbons (Fsp3) is 0.591. The first-order chi connectivity index (χ1) is 13.3. The molecule has 0 aromatic carbocycles. The summed E-state index contributed by atoms with van der Waals surface area (Å²) in [4.78, 5) is 22.1. The number of aromatic nitrogens is 3. The molecule has 0 radical (unpaired) electrons. The van der Waals surface area contributed by atoms with Gasteiger partial charge in [-0.2, -0.15) is 5.10 Å². The Hall–Kier alpha value is -2.21. The van der Waals surface area contributed by atoms with Crippen LogP contribution in [0.2, 0.25) is 0 Å². The van der Waals surface area contributed by atoms with E-state index in [1.807, 2.05) is 36.4 Å². The largest absolute Gasteiger partial charge is 0.341 e. The number of carbonyl (C=O) groups excluding carboxylic acids is 1. The molecule has 2 aromatic heterocycles. The first-order valence-electron chi connectivity index (χ1n) is 10.3. The van der Waals surface area contributed by atoms with Gasteiger partial charge in [-0.25, -0.2) is 0 Å². The summed E-state index contributed by atoms with van der Waals surface area (Å²) in [6.45, 7) is 15.3. The van der Waals surface area contributed by atoms with E-state index >= 15 is 0 Å². The van der Waals surface area contributed by atoms with Crippen molar-refractivity contribution >= 4 is 5.91 Å². The third-order valence-electron chi connectivity index (χ3n) is 5.84. The van der Waals surface area contributed by atoms with Crippen molar-refractivity contribution in [2.45, 2.75) is 54.1 Å². The Kier molecular flexibility index (Phi) is 6.50. The third-order valence-corrected chi connectivity index (χ3v) is 5.84. The lowest BCUT2D eigenvalue weighted by Gasteiger charge is -2.25. The molecule has 28 heavy (non-hydrogen) atoms. The molecule has 0 N–H and O–H groups in total. The van der Waals surface area contributed by atoms with Crippen LogP contribution in [-0.4, -0.2) is 56.7 Å². The van der Waals surface area contributed by atoms with Gasteiger partial charge in [0.1, 0.15) is 0 Å². The molecular formula is C22H33N5O. The van der Waals surface area contributed by atoms with Crippen LogP contribution in [0.5, 0.6) is 0 Å². The molecule has 1 saturated heterocycles. The highest BCUT2D eigenvalue weighted by Crippen LogP contribution is 2.16. The fourth-order valence-electron chi connectivity index (χ4n) is 3.88. The van der Waals surface area contributed by atoms with Gasteiger partial charge in [-0.3, -0.25) is 19.4 Å². The quantitative estimate of drug-likeness (QED) is 0.797. The predicted octanol–water partition coefficient (Wildman–Crippen LogP) is 2.88. The zero-order chi connectivity index (χ0) is 20.3.